The van der Waals surface area contributed by atoms with Crippen molar-refractivity contribution in [2.75, 3.05) is 27.1 Å². The fraction of sp³-hybridized carbons (Fsp3) is 0.150. The number of nitrogens with two attached hydrogens (primary N) is 1. The number of ether oxygens (including phenoxy) is 3. The summed E-state index contributed by atoms with van der Waals surface area (Å²) < 4.78 is 24.8. The van der Waals surface area contributed by atoms with Crippen molar-refractivity contribution in [3.63, 3.8) is 0 Å². The van der Waals surface area contributed by atoms with E-state index in [2.05, 4.69) is 9.98 Å². The van der Waals surface area contributed by atoms with Gasteiger partial charge in [0.05, 0.1) is 66.9 Å². The Kier molecular flexibility index (Phi) is 56.4. The zero-order valence-electron chi connectivity index (χ0n) is 51.5. The van der Waals surface area contributed by atoms with Gasteiger partial charge in [0.1, 0.15) is 5.69 Å². The van der Waals surface area contributed by atoms with E-state index in [-0.39, 0.29) is 228 Å². The van der Waals surface area contributed by atoms with Crippen LogP contribution in [0.4, 0.5) is 17.1 Å². The van der Waals surface area contributed by atoms with Gasteiger partial charge >= 0.3 is 17.1 Å². The van der Waals surface area contributed by atoms with Crippen molar-refractivity contribution < 1.29 is 51.5 Å². The third-order valence-electron chi connectivity index (χ3n) is 11.5. The minimum absolute atomic E-state index is 0. The van der Waals surface area contributed by atoms with Crippen LogP contribution >= 0.6 is 0 Å². The topological polar surface area (TPSA) is 423 Å². The number of benzene rings is 4. The molecule has 90 heavy (non-hydrogen) atoms. The van der Waals surface area contributed by atoms with E-state index >= 15 is 0 Å². The Morgan fingerprint density at radius 3 is 0.978 bits per heavy atom. The number of aliphatic imine (C=N–C) groups is 2. The zero-order chi connectivity index (χ0) is 64.2. The Hall–Kier alpha value is -7.16. The molecule has 0 unspecified atom stereocenters. The number of methoxy groups -OCH3 is 3. The van der Waals surface area contributed by atoms with Crippen LogP contribution in [-0.2, 0) is 57.3 Å². The number of carbonyl (C=O) groups is 2. The second kappa shape index (κ2) is 52.6. The van der Waals surface area contributed by atoms with Crippen LogP contribution in [0.2, 0.25) is 0 Å². The predicted molar refractivity (Wildman–Crippen MR) is 335 cm³/mol. The SMILES string of the molecule is COC1=CC(=Nc2c(C)n(C)n(-c3ccccc3)c2=O)C=CC1=O.COC1=CC(=Nc2c(C)n(C)n(-c3ccccc3)c2=O)C=CC1=O.COc1ccccc1O.Cc1c(N)c(=O)n(-c2ccccc2)n1C.N.O.[C-]#N.[C-]#N.[C-]#N.[C-]#N.[C-]#N.[C-]#N.[Fe+6].[K].[K].[K]. The van der Waals surface area contributed by atoms with Gasteiger partial charge in [0.25, 0.3) is 16.7 Å². The molecule has 2 aliphatic rings. The first-order valence-corrected chi connectivity index (χ1v) is 23.6. The Labute approximate surface area is 660 Å². The molecule has 9 rings (SSSR count). The van der Waals surface area contributed by atoms with E-state index in [4.69, 9.17) is 96.1 Å². The molecule has 3 radical (unpaired) electrons. The largest absolute Gasteiger partial charge is 6.00 e. The summed E-state index contributed by atoms with van der Waals surface area (Å²) in [5.74, 6) is 0.657. The number of ketones is 2. The molecular weight excluding hydrogens is 1280 g/mol. The van der Waals surface area contributed by atoms with Gasteiger partial charge in [-0.25, -0.2) is 24.0 Å². The summed E-state index contributed by atoms with van der Waals surface area (Å²) in [6.07, 6.45) is 8.96. The van der Waals surface area contributed by atoms with Gasteiger partial charge in [-0.2, -0.15) is 0 Å². The Bertz CT molecular complexity index is 3640. The molecule has 0 saturated heterocycles. The maximum Gasteiger partial charge on any atom is 6.00 e. The number of nitrogen functional groups attached to an aromatic ring is 1. The number of para-hydroxylation sites is 5. The third kappa shape index (κ3) is 26.4. The van der Waals surface area contributed by atoms with Crippen molar-refractivity contribution >= 4 is 194 Å². The van der Waals surface area contributed by atoms with Crippen LogP contribution in [0.3, 0.4) is 0 Å². The first-order valence-electron chi connectivity index (χ1n) is 23.6. The third-order valence-corrected chi connectivity index (χ3v) is 11.5. The summed E-state index contributed by atoms with van der Waals surface area (Å²) in [7, 11) is 9.82. The molecule has 4 aromatic carbocycles. The number of aromatic hydroxyl groups is 1. The van der Waals surface area contributed by atoms with E-state index in [0.29, 0.717) is 34.2 Å². The Balaban J connectivity index is -0.000000196. The summed E-state index contributed by atoms with van der Waals surface area (Å²) in [4.78, 5) is 69.5. The number of rotatable bonds is 8. The van der Waals surface area contributed by atoms with Gasteiger partial charge in [0.2, 0.25) is 11.6 Å². The monoisotopic (exact) mass is 1340 g/mol. The van der Waals surface area contributed by atoms with Gasteiger partial charge in [0.15, 0.2) is 34.4 Å². The number of anilines is 1. The number of aromatic nitrogens is 6. The molecule has 0 aliphatic heterocycles. The average molecular weight is 1340 g/mol. The van der Waals surface area contributed by atoms with E-state index < -0.39 is 0 Å². The van der Waals surface area contributed by atoms with Crippen molar-refractivity contribution in [1.29, 1.82) is 31.6 Å². The summed E-state index contributed by atoms with van der Waals surface area (Å²) in [6, 6.07) is 35.0. The fourth-order valence-corrected chi connectivity index (χ4v) is 7.29. The average Bonchev–Trinajstić information content (AvgIpc) is 2.35. The van der Waals surface area contributed by atoms with E-state index in [1.807, 2.05) is 133 Å². The van der Waals surface area contributed by atoms with Gasteiger partial charge in [-0.15, -0.1) is 0 Å². The number of nitrogens with zero attached hydrogens (tertiary/aromatic N) is 14. The Morgan fingerprint density at radius 2 is 0.722 bits per heavy atom. The van der Waals surface area contributed by atoms with Crippen molar-refractivity contribution in [2.24, 2.45) is 31.1 Å². The van der Waals surface area contributed by atoms with Crippen LogP contribution in [0, 0.1) is 91.8 Å². The molecule has 0 atom stereocenters. The van der Waals surface area contributed by atoms with Crippen molar-refractivity contribution in [1.82, 2.24) is 34.2 Å². The molecule has 7 aromatic rings. The normalized spacial score (nSPS) is 11.2. The molecule has 2 aliphatic carbocycles. The van der Waals surface area contributed by atoms with Crippen LogP contribution in [0.1, 0.15) is 17.1 Å². The number of allylic oxidation sites excluding steroid dienone is 6. The molecular formula is C60H60FeK3N16O10. The molecule has 0 saturated carbocycles. The predicted octanol–water partition coefficient (Wildman–Crippen LogP) is 5.69. The van der Waals surface area contributed by atoms with E-state index in [0.717, 1.165) is 34.1 Å². The molecule has 3 heterocycles. The fourth-order valence-electron chi connectivity index (χ4n) is 7.29. The van der Waals surface area contributed by atoms with Crippen LogP contribution in [-0.4, -0.2) is 237 Å². The zero-order valence-corrected chi connectivity index (χ0v) is 62.0. The van der Waals surface area contributed by atoms with E-state index in [9.17, 15) is 24.0 Å². The van der Waals surface area contributed by atoms with Gasteiger partial charge < -0.3 is 108 Å². The number of phenolic OH excluding ortho intramolecular Hbond substituents is 1. The molecule has 0 amide bonds. The van der Waals surface area contributed by atoms with E-state index in [1.54, 1.807) is 64.5 Å². The van der Waals surface area contributed by atoms with E-state index in [1.165, 1.54) is 45.6 Å². The van der Waals surface area contributed by atoms with Gasteiger partial charge in [-0.1, -0.05) is 66.7 Å². The van der Waals surface area contributed by atoms with Gasteiger partial charge in [-0.3, -0.25) is 38.0 Å². The number of phenols is 1. The molecule has 0 bridgehead atoms. The van der Waals surface area contributed by atoms with Crippen molar-refractivity contribution in [3.05, 3.63) is 251 Å². The van der Waals surface area contributed by atoms with Crippen LogP contribution in [0.15, 0.2) is 188 Å². The number of hydrogen-bond acceptors (Lipinski definition) is 19. The summed E-state index contributed by atoms with van der Waals surface area (Å²) in [6.45, 7) is 34.0. The molecule has 30 heteroatoms. The summed E-state index contributed by atoms with van der Waals surface area (Å²) in [5.41, 5.74) is 11.7. The number of hydrogen-bond donors (Lipinski definition) is 3. The van der Waals surface area contributed by atoms with Crippen LogP contribution in [0.5, 0.6) is 11.5 Å². The number of carbonyl (C=O) groups excluding carboxylic acids is 2. The second-order valence-electron chi connectivity index (χ2n) is 15.9. The first-order chi connectivity index (χ1) is 40.5. The second-order valence-corrected chi connectivity index (χ2v) is 15.9. The van der Waals surface area contributed by atoms with Crippen LogP contribution in [0.25, 0.3) is 17.1 Å². The minimum Gasteiger partial charge on any atom is -0.512 e. The molecule has 3 aromatic heterocycles. The van der Waals surface area contributed by atoms with Crippen LogP contribution < -0.4 is 33.3 Å². The molecule has 0 fully saturated rings. The quantitative estimate of drug-likeness (QED) is 0.0934. The van der Waals surface area contributed by atoms with Gasteiger partial charge in [-0.05, 0) is 93.6 Å². The molecule has 26 nitrogen and oxygen atoms in total. The first kappa shape index (κ1) is 96.5. The molecule has 451 valence electrons. The molecule has 8 N–H and O–H groups in total. The van der Waals surface area contributed by atoms with Crippen molar-refractivity contribution in [2.45, 2.75) is 20.8 Å². The smallest absolute Gasteiger partial charge is 0.512 e. The van der Waals surface area contributed by atoms with Crippen molar-refractivity contribution in [3.8, 4) is 28.6 Å². The molecule has 0 spiro atoms. The maximum absolute atomic E-state index is 12.8. The Morgan fingerprint density at radius 1 is 0.444 bits per heavy atom. The summed E-state index contributed by atoms with van der Waals surface area (Å²) >= 11 is 0. The summed E-state index contributed by atoms with van der Waals surface area (Å²) in [5, 5.41) is 46.5. The standard InChI is InChI=1S/2C18H17N3O3.C11H13N3O.C7H8O2.6CN.Fe.3K.H3N.H2O/c2*1-12-17(19-13-9-10-15(22)16(11-13)24-3)18(23)21(20(12)2)14-7-5-4-6-8-14;1-8-10(12)11(15)14(13(8)2)9-6-4-3-5-7-9;1-9-7-5-3-2-4-6(7)8;6*1-2;;;;;;/h2*4-11H,1-3H3;3-7H,12H2,1-2H3;2-5,8H,1H3;;;;;;;;;;;1H3;1H2/q;;;;6*-1;+6;;;;;. The minimum atomic E-state index is -0.220. The van der Waals surface area contributed by atoms with Gasteiger partial charge in [0, 0.05) is 187 Å². The maximum atomic E-state index is 12.8.